The molecule has 2 aromatic rings. The molecule has 38 heavy (non-hydrogen) atoms. The molecule has 8 nitrogen and oxygen atoms in total. The van der Waals surface area contributed by atoms with Crippen LogP contribution in [-0.4, -0.2) is 65.2 Å². The molecule has 5 aliphatic heterocycles. The van der Waals surface area contributed by atoms with Gasteiger partial charge in [-0.25, -0.2) is 0 Å². The molecule has 2 saturated heterocycles. The van der Waals surface area contributed by atoms with E-state index in [-0.39, 0.29) is 29.6 Å². The van der Waals surface area contributed by atoms with Crippen LogP contribution in [0.15, 0.2) is 36.5 Å². The van der Waals surface area contributed by atoms with Crippen LogP contribution in [0.25, 0.3) is 6.08 Å². The number of ether oxygens (including phenoxy) is 1. The predicted octanol–water partition coefficient (Wildman–Crippen LogP) is 2.79. The molecule has 2 aromatic carbocycles. The van der Waals surface area contributed by atoms with E-state index in [1.165, 1.54) is 22.3 Å². The summed E-state index contributed by atoms with van der Waals surface area (Å²) >= 11 is 0. The summed E-state index contributed by atoms with van der Waals surface area (Å²) in [6.45, 7) is 4.94. The van der Waals surface area contributed by atoms with Crippen LogP contribution < -0.4 is 10.1 Å². The number of nitrogens with zero attached hydrogens (tertiary/aromatic N) is 3. The second-order valence-corrected chi connectivity index (χ2v) is 11.5. The van der Waals surface area contributed by atoms with Gasteiger partial charge in [0.1, 0.15) is 11.8 Å². The summed E-state index contributed by atoms with van der Waals surface area (Å²) in [6, 6.07) is 10.1. The maximum Gasteiger partial charge on any atom is 0.255 e. The summed E-state index contributed by atoms with van der Waals surface area (Å²) in [5, 5.41) is 2.38. The largest absolute Gasteiger partial charge is 0.492 e. The van der Waals surface area contributed by atoms with E-state index in [1.54, 1.807) is 4.90 Å². The highest BCUT2D eigenvalue weighted by atomic mass is 16.5. The van der Waals surface area contributed by atoms with Gasteiger partial charge < -0.3 is 14.5 Å². The van der Waals surface area contributed by atoms with Crippen LogP contribution in [0.3, 0.4) is 0 Å². The quantitative estimate of drug-likeness (QED) is 0.637. The summed E-state index contributed by atoms with van der Waals surface area (Å²) in [6.07, 6.45) is 7.00. The van der Waals surface area contributed by atoms with Crippen molar-refractivity contribution in [2.24, 2.45) is 0 Å². The molecule has 196 valence electrons. The van der Waals surface area contributed by atoms with Gasteiger partial charge in [0, 0.05) is 49.6 Å². The number of rotatable bonds is 3. The lowest BCUT2D eigenvalue weighted by Gasteiger charge is -2.39. The summed E-state index contributed by atoms with van der Waals surface area (Å²) in [5.74, 6) is 0.00996. The molecule has 0 aromatic heterocycles. The Balaban J connectivity index is 1.07. The second-order valence-electron chi connectivity index (χ2n) is 11.5. The molecule has 0 aliphatic carbocycles. The second kappa shape index (κ2) is 8.70. The number of piperidine rings is 2. The number of benzene rings is 2. The minimum atomic E-state index is -0.598. The van der Waals surface area contributed by atoms with Gasteiger partial charge in [0.25, 0.3) is 5.91 Å². The van der Waals surface area contributed by atoms with Crippen LogP contribution >= 0.6 is 0 Å². The Morgan fingerprint density at radius 2 is 1.95 bits per heavy atom. The van der Waals surface area contributed by atoms with E-state index in [0.29, 0.717) is 25.1 Å². The minimum absolute atomic E-state index is 0.0367. The van der Waals surface area contributed by atoms with Gasteiger partial charge >= 0.3 is 0 Å². The molecule has 1 spiro atoms. The number of amides is 3. The third kappa shape index (κ3) is 3.73. The number of nitrogens with one attached hydrogen (secondary N) is 1. The SMILES string of the molecule is CN1C=Cc2cccc(CN3CCC4(CC3)COc3cc5c(cc34)CN(C3CCC(=O)NC3=O)C5=O)c2C1. The van der Waals surface area contributed by atoms with Crippen LogP contribution in [0.5, 0.6) is 5.75 Å². The average molecular weight is 513 g/mol. The van der Waals surface area contributed by atoms with Crippen molar-refractivity contribution in [1.29, 1.82) is 0 Å². The lowest BCUT2D eigenvalue weighted by Crippen LogP contribution is -2.52. The minimum Gasteiger partial charge on any atom is -0.492 e. The third-order valence-electron chi connectivity index (χ3n) is 9.13. The fraction of sp³-hybridized carbons (Fsp3) is 0.433. The molecule has 0 bridgehead atoms. The number of carbonyl (C=O) groups is 3. The van der Waals surface area contributed by atoms with Crippen molar-refractivity contribution in [1.82, 2.24) is 20.0 Å². The smallest absolute Gasteiger partial charge is 0.255 e. The van der Waals surface area contributed by atoms with Crippen molar-refractivity contribution in [3.8, 4) is 5.75 Å². The Labute approximate surface area is 222 Å². The zero-order valence-corrected chi connectivity index (χ0v) is 21.7. The molecule has 1 atom stereocenters. The van der Waals surface area contributed by atoms with Crippen LogP contribution in [0.1, 0.15) is 63.9 Å². The first-order valence-electron chi connectivity index (χ1n) is 13.6. The molecule has 2 fully saturated rings. The third-order valence-corrected chi connectivity index (χ3v) is 9.13. The van der Waals surface area contributed by atoms with Gasteiger partial charge in [0.15, 0.2) is 0 Å². The van der Waals surface area contributed by atoms with Crippen LogP contribution in [0.2, 0.25) is 0 Å². The molecule has 8 heteroatoms. The monoisotopic (exact) mass is 512 g/mol. The Morgan fingerprint density at radius 1 is 1.11 bits per heavy atom. The maximum absolute atomic E-state index is 13.2. The van der Waals surface area contributed by atoms with Crippen LogP contribution in [0.4, 0.5) is 0 Å². The highest BCUT2D eigenvalue weighted by Crippen LogP contribution is 2.48. The van der Waals surface area contributed by atoms with E-state index in [2.05, 4.69) is 58.7 Å². The number of hydrogen-bond acceptors (Lipinski definition) is 6. The summed E-state index contributed by atoms with van der Waals surface area (Å²) in [7, 11) is 2.12. The Kier molecular flexibility index (Phi) is 5.37. The highest BCUT2D eigenvalue weighted by molar-refractivity contribution is 6.05. The van der Waals surface area contributed by atoms with Gasteiger partial charge in [-0.3, -0.25) is 24.6 Å². The normalized spacial score (nSPS) is 23.8. The first-order chi connectivity index (χ1) is 18.4. The maximum atomic E-state index is 13.2. The topological polar surface area (TPSA) is 82.2 Å². The molecule has 5 aliphatic rings. The van der Waals surface area contributed by atoms with Crippen molar-refractivity contribution < 1.29 is 19.1 Å². The van der Waals surface area contributed by atoms with E-state index in [0.717, 1.165) is 50.3 Å². The summed E-state index contributed by atoms with van der Waals surface area (Å²) < 4.78 is 6.19. The van der Waals surface area contributed by atoms with Crippen molar-refractivity contribution in [2.75, 3.05) is 26.7 Å². The number of imide groups is 1. The molecular weight excluding hydrogens is 480 g/mol. The molecule has 5 heterocycles. The van der Waals surface area contributed by atoms with Gasteiger partial charge in [-0.1, -0.05) is 18.2 Å². The molecule has 1 N–H and O–H groups in total. The van der Waals surface area contributed by atoms with Crippen molar-refractivity contribution in [2.45, 2.75) is 56.8 Å². The molecule has 0 saturated carbocycles. The van der Waals surface area contributed by atoms with Crippen molar-refractivity contribution in [3.63, 3.8) is 0 Å². The summed E-state index contributed by atoms with van der Waals surface area (Å²) in [4.78, 5) is 43.6. The predicted molar refractivity (Wildman–Crippen MR) is 141 cm³/mol. The molecule has 7 rings (SSSR count). The van der Waals surface area contributed by atoms with Crippen LogP contribution in [0, 0.1) is 0 Å². The van der Waals surface area contributed by atoms with E-state index in [1.807, 2.05) is 6.07 Å². The van der Waals surface area contributed by atoms with Gasteiger partial charge in [0.05, 0.1) is 6.61 Å². The fourth-order valence-corrected chi connectivity index (χ4v) is 6.88. The highest BCUT2D eigenvalue weighted by Gasteiger charge is 2.46. The standard InChI is InChI=1S/C30H32N4O4/c1-32-10-7-19-3-2-4-20(23(19)17-32)15-33-11-8-30(9-12-33)18-38-26-14-22-21(13-24(26)30)16-34(29(22)37)25-5-6-27(35)31-28(25)36/h2-4,7,10,13-14,25H,5-6,8-9,11-12,15-18H2,1H3,(H,31,35,36). The van der Waals surface area contributed by atoms with Gasteiger partial charge in [0.2, 0.25) is 11.8 Å². The average Bonchev–Trinajstić information content (AvgIpc) is 3.41. The number of fused-ring (bicyclic) bond motifs is 4. The first-order valence-corrected chi connectivity index (χ1v) is 13.6. The zero-order chi connectivity index (χ0) is 26.0. The van der Waals surface area contributed by atoms with E-state index < -0.39 is 6.04 Å². The number of carbonyl (C=O) groups excluding carboxylic acids is 3. The Bertz CT molecular complexity index is 1390. The van der Waals surface area contributed by atoms with E-state index >= 15 is 0 Å². The van der Waals surface area contributed by atoms with E-state index in [4.69, 9.17) is 4.74 Å². The van der Waals surface area contributed by atoms with E-state index in [9.17, 15) is 14.4 Å². The molecule has 0 radical (unpaired) electrons. The molecule has 3 amide bonds. The zero-order valence-electron chi connectivity index (χ0n) is 21.7. The Morgan fingerprint density at radius 3 is 2.76 bits per heavy atom. The van der Waals surface area contributed by atoms with Crippen molar-refractivity contribution in [3.05, 3.63) is 69.9 Å². The lowest BCUT2D eigenvalue weighted by atomic mass is 9.73. The molecular formula is C30H32N4O4. The molecule has 1 unspecified atom stereocenters. The van der Waals surface area contributed by atoms with Gasteiger partial charge in [-0.2, -0.15) is 0 Å². The lowest BCUT2D eigenvalue weighted by molar-refractivity contribution is -0.136. The fourth-order valence-electron chi connectivity index (χ4n) is 6.88. The number of likely N-dealkylation sites (tertiary alicyclic amines) is 1. The summed E-state index contributed by atoms with van der Waals surface area (Å²) in [5.41, 5.74) is 6.90. The van der Waals surface area contributed by atoms with Gasteiger partial charge in [-0.05, 0) is 79.0 Å². The number of hydrogen-bond donors (Lipinski definition) is 1. The van der Waals surface area contributed by atoms with Crippen molar-refractivity contribution >= 4 is 23.8 Å². The van der Waals surface area contributed by atoms with Crippen LogP contribution in [-0.2, 0) is 34.6 Å². The Hall–Kier alpha value is -3.65. The first kappa shape index (κ1) is 23.5. The van der Waals surface area contributed by atoms with Gasteiger partial charge in [-0.15, -0.1) is 0 Å².